The Morgan fingerprint density at radius 3 is 2.94 bits per heavy atom. The van der Waals surface area contributed by atoms with E-state index in [0.717, 1.165) is 0 Å². The van der Waals surface area contributed by atoms with Crippen LogP contribution in [0.4, 0.5) is 0 Å². The van der Waals surface area contributed by atoms with Gasteiger partial charge < -0.3 is 0 Å². The minimum atomic E-state index is -3.58. The molecule has 0 aliphatic rings. The first-order chi connectivity index (χ1) is 8.04. The van der Waals surface area contributed by atoms with E-state index in [1.807, 2.05) is 0 Å². The SMILES string of the molecule is CNS(=O)(=O)c1c[c]n(-c2ncccc2Cl)n1. The third-order valence-corrected chi connectivity index (χ3v) is 3.58. The normalized spacial score (nSPS) is 11.6. The molecule has 0 spiro atoms. The van der Waals surface area contributed by atoms with E-state index >= 15 is 0 Å². The van der Waals surface area contributed by atoms with Crippen molar-refractivity contribution in [3.8, 4) is 5.82 Å². The highest BCUT2D eigenvalue weighted by atomic mass is 35.5. The maximum atomic E-state index is 11.5. The third-order valence-electron chi connectivity index (χ3n) is 1.99. The number of halogens is 1. The quantitative estimate of drug-likeness (QED) is 0.888. The molecule has 0 aliphatic carbocycles. The minimum absolute atomic E-state index is 0.137. The molecule has 0 saturated carbocycles. The summed E-state index contributed by atoms with van der Waals surface area (Å²) in [6, 6.07) is 4.54. The summed E-state index contributed by atoms with van der Waals surface area (Å²) in [7, 11) is -2.27. The van der Waals surface area contributed by atoms with E-state index < -0.39 is 10.0 Å². The number of pyridine rings is 1. The van der Waals surface area contributed by atoms with Crippen LogP contribution >= 0.6 is 11.6 Å². The van der Waals surface area contributed by atoms with Gasteiger partial charge in [-0.3, -0.25) is 0 Å². The number of aromatic nitrogens is 3. The molecule has 0 atom stereocenters. The van der Waals surface area contributed by atoms with Gasteiger partial charge in [0.1, 0.15) is 0 Å². The van der Waals surface area contributed by atoms with Crippen molar-refractivity contribution in [1.82, 2.24) is 19.5 Å². The number of rotatable bonds is 3. The van der Waals surface area contributed by atoms with Gasteiger partial charge >= 0.3 is 0 Å². The van der Waals surface area contributed by atoms with Crippen LogP contribution in [-0.4, -0.2) is 30.2 Å². The Balaban J connectivity index is 2.48. The highest BCUT2D eigenvalue weighted by Gasteiger charge is 2.16. The lowest BCUT2D eigenvalue weighted by atomic mass is 10.4. The van der Waals surface area contributed by atoms with E-state index in [9.17, 15) is 8.42 Å². The molecule has 0 fully saturated rings. The maximum absolute atomic E-state index is 11.5. The molecule has 2 heterocycles. The Labute approximate surface area is 103 Å². The van der Waals surface area contributed by atoms with Crippen molar-refractivity contribution < 1.29 is 8.42 Å². The number of hydrogen-bond acceptors (Lipinski definition) is 4. The molecule has 0 aromatic carbocycles. The Morgan fingerprint density at radius 1 is 1.53 bits per heavy atom. The predicted octanol–water partition coefficient (Wildman–Crippen LogP) is 0.629. The van der Waals surface area contributed by atoms with Crippen molar-refractivity contribution >= 4 is 21.6 Å². The zero-order chi connectivity index (χ0) is 12.5. The molecule has 0 amide bonds. The van der Waals surface area contributed by atoms with Crippen LogP contribution in [0.1, 0.15) is 0 Å². The fraction of sp³-hybridized carbons (Fsp3) is 0.111. The van der Waals surface area contributed by atoms with Gasteiger partial charge in [-0.05, 0) is 19.2 Å². The maximum Gasteiger partial charge on any atom is 0.259 e. The summed E-state index contributed by atoms with van der Waals surface area (Å²) in [6.45, 7) is 0. The van der Waals surface area contributed by atoms with Gasteiger partial charge in [0.2, 0.25) is 0 Å². The average molecular weight is 272 g/mol. The zero-order valence-electron chi connectivity index (χ0n) is 8.75. The molecule has 0 aliphatic heterocycles. The van der Waals surface area contributed by atoms with Gasteiger partial charge in [0.15, 0.2) is 10.8 Å². The average Bonchev–Trinajstić information content (AvgIpc) is 2.79. The topological polar surface area (TPSA) is 76.9 Å². The molecule has 1 N–H and O–H groups in total. The van der Waals surface area contributed by atoms with Crippen molar-refractivity contribution in [1.29, 1.82) is 0 Å². The number of sulfonamides is 1. The molecule has 2 aromatic heterocycles. The molecular formula is C9H8ClN4O2S. The highest BCUT2D eigenvalue weighted by Crippen LogP contribution is 2.16. The summed E-state index contributed by atoms with van der Waals surface area (Å²) in [6.07, 6.45) is 4.17. The standard InChI is InChI=1S/C9H8ClN4O2S/c1-11-17(15,16)8-4-6-14(13-8)9-7(10)3-2-5-12-9/h2-5,11H,1H3. The largest absolute Gasteiger partial charge is 0.259 e. The smallest absolute Gasteiger partial charge is 0.236 e. The van der Waals surface area contributed by atoms with Crippen LogP contribution in [0.5, 0.6) is 0 Å². The predicted molar refractivity (Wildman–Crippen MR) is 61.5 cm³/mol. The Bertz CT molecular complexity index is 638. The van der Waals surface area contributed by atoms with Gasteiger partial charge in [0.05, 0.1) is 11.2 Å². The van der Waals surface area contributed by atoms with Crippen LogP contribution in [0, 0.1) is 6.20 Å². The Hall–Kier alpha value is -1.44. The summed E-state index contributed by atoms with van der Waals surface area (Å²) in [5.41, 5.74) is 0. The van der Waals surface area contributed by atoms with Crippen LogP contribution in [0.3, 0.4) is 0 Å². The zero-order valence-corrected chi connectivity index (χ0v) is 10.3. The lowest BCUT2D eigenvalue weighted by Gasteiger charge is -2.01. The van der Waals surface area contributed by atoms with Crippen molar-refractivity contribution in [3.05, 3.63) is 35.6 Å². The van der Waals surface area contributed by atoms with Gasteiger partial charge in [-0.15, -0.1) is 0 Å². The van der Waals surface area contributed by atoms with Gasteiger partial charge in [-0.25, -0.2) is 22.8 Å². The van der Waals surface area contributed by atoms with E-state index in [2.05, 4.69) is 21.0 Å². The van der Waals surface area contributed by atoms with E-state index in [1.165, 1.54) is 24.0 Å². The highest BCUT2D eigenvalue weighted by molar-refractivity contribution is 7.89. The first kappa shape index (κ1) is 12.0. The summed E-state index contributed by atoms with van der Waals surface area (Å²) in [5, 5.41) is 4.07. The second kappa shape index (κ2) is 4.44. The van der Waals surface area contributed by atoms with Crippen LogP contribution in [-0.2, 0) is 10.0 Å². The lowest BCUT2D eigenvalue weighted by molar-refractivity contribution is 0.582. The van der Waals surface area contributed by atoms with Crippen molar-refractivity contribution in [2.45, 2.75) is 5.03 Å². The molecule has 89 valence electrons. The molecule has 2 rings (SSSR count). The van der Waals surface area contributed by atoms with Crippen LogP contribution in [0.15, 0.2) is 29.4 Å². The first-order valence-corrected chi connectivity index (χ1v) is 6.43. The molecule has 2 aromatic rings. The first-order valence-electron chi connectivity index (χ1n) is 4.57. The van der Waals surface area contributed by atoms with Gasteiger partial charge in [0.25, 0.3) is 10.0 Å². The monoisotopic (exact) mass is 271 g/mol. The van der Waals surface area contributed by atoms with Crippen LogP contribution in [0.2, 0.25) is 5.02 Å². The van der Waals surface area contributed by atoms with Gasteiger partial charge in [-0.2, -0.15) is 5.10 Å². The fourth-order valence-corrected chi connectivity index (χ4v) is 1.96. The second-order valence-electron chi connectivity index (χ2n) is 3.04. The number of nitrogens with zero attached hydrogens (tertiary/aromatic N) is 3. The lowest BCUT2D eigenvalue weighted by Crippen LogP contribution is -2.19. The molecular weight excluding hydrogens is 264 g/mol. The number of hydrogen-bond donors (Lipinski definition) is 1. The molecule has 0 unspecified atom stereocenters. The van der Waals surface area contributed by atoms with Crippen LogP contribution < -0.4 is 4.72 Å². The van der Waals surface area contributed by atoms with E-state index in [-0.39, 0.29) is 5.03 Å². The Morgan fingerprint density at radius 2 is 2.29 bits per heavy atom. The van der Waals surface area contributed by atoms with Crippen molar-refractivity contribution in [2.24, 2.45) is 0 Å². The van der Waals surface area contributed by atoms with Gasteiger partial charge in [-0.1, -0.05) is 11.6 Å². The van der Waals surface area contributed by atoms with E-state index in [4.69, 9.17) is 11.6 Å². The fourth-order valence-electron chi connectivity index (χ4n) is 1.15. The molecule has 0 saturated heterocycles. The van der Waals surface area contributed by atoms with E-state index in [1.54, 1.807) is 12.1 Å². The van der Waals surface area contributed by atoms with Crippen molar-refractivity contribution in [2.75, 3.05) is 7.05 Å². The third kappa shape index (κ3) is 2.31. The van der Waals surface area contributed by atoms with Crippen molar-refractivity contribution in [3.63, 3.8) is 0 Å². The molecule has 6 nitrogen and oxygen atoms in total. The van der Waals surface area contributed by atoms with Crippen LogP contribution in [0.25, 0.3) is 5.82 Å². The summed E-state index contributed by atoms with van der Waals surface area (Å²) in [5.74, 6) is 0.326. The summed E-state index contributed by atoms with van der Waals surface area (Å²) in [4.78, 5) is 3.99. The molecule has 17 heavy (non-hydrogen) atoms. The molecule has 0 bridgehead atoms. The minimum Gasteiger partial charge on any atom is -0.236 e. The summed E-state index contributed by atoms with van der Waals surface area (Å²) < 4.78 is 26.3. The summed E-state index contributed by atoms with van der Waals surface area (Å²) >= 11 is 5.91. The van der Waals surface area contributed by atoms with Gasteiger partial charge in [0, 0.05) is 12.3 Å². The Kier molecular flexibility index (Phi) is 3.14. The second-order valence-corrected chi connectivity index (χ2v) is 5.28. The molecule has 8 heteroatoms. The molecule has 1 radical (unpaired) electrons. The number of nitrogens with one attached hydrogen (secondary N) is 1. The van der Waals surface area contributed by atoms with E-state index in [0.29, 0.717) is 10.8 Å².